The summed E-state index contributed by atoms with van der Waals surface area (Å²) in [5.41, 5.74) is 1.48. The van der Waals surface area contributed by atoms with Crippen molar-refractivity contribution in [1.29, 1.82) is 0 Å². The van der Waals surface area contributed by atoms with Crippen molar-refractivity contribution in [2.45, 2.75) is 142 Å². The van der Waals surface area contributed by atoms with Crippen LogP contribution in [0.4, 0.5) is 0 Å². The highest BCUT2D eigenvalue weighted by Crippen LogP contribution is 2.45. The van der Waals surface area contributed by atoms with E-state index in [0.29, 0.717) is 93.5 Å². The van der Waals surface area contributed by atoms with E-state index in [4.69, 9.17) is 54.3 Å². The summed E-state index contributed by atoms with van der Waals surface area (Å²) in [5, 5.41) is 9.31. The number of nitrogens with one attached hydrogen (secondary N) is 3. The monoisotopic (exact) mass is 1300 g/mol. The Morgan fingerprint density at radius 2 is 1.46 bits per heavy atom. The summed E-state index contributed by atoms with van der Waals surface area (Å²) in [6, 6.07) is 12.3. The van der Waals surface area contributed by atoms with Crippen LogP contribution in [-0.2, 0) is 94.1 Å². The normalized spacial score (nSPS) is 21.9. The van der Waals surface area contributed by atoms with Crippen LogP contribution in [0.2, 0.25) is 5.02 Å². The molecule has 90 heavy (non-hydrogen) atoms. The van der Waals surface area contributed by atoms with Gasteiger partial charge in [-0.15, -0.1) is 16.8 Å². The lowest BCUT2D eigenvalue weighted by atomic mass is 9.92. The average Bonchev–Trinajstić information content (AvgIpc) is 1.67. The molecule has 4 heterocycles. The molecule has 3 fully saturated rings. The lowest BCUT2D eigenvalue weighted by Crippen LogP contribution is -2.51. The number of hydrogen-bond donors (Lipinski definition) is 3. The summed E-state index contributed by atoms with van der Waals surface area (Å²) in [6.07, 6.45) is 1.73. The predicted octanol–water partition coefficient (Wildman–Crippen LogP) is 5.24. The SMILES string of the molecule is COc1ccc(C[C@H]2NC(=O)/C=C/C[C@@H]([C@H](C)[C@H]3O[C@@H]3c3ccc(CN4CCN(C(=O)CCC(C)(C)SCC(=O)NCCOCCOCCOCCOCCC(=O)ON5C(=O)CCC5=O)CC4)cc3)OC(=O)C(CC(C)C)OC(=O)C(C)(C)CNC2=O)cc1Cl. The van der Waals surface area contributed by atoms with Crippen molar-refractivity contribution in [3.63, 3.8) is 0 Å². The smallest absolute Gasteiger partial charge is 0.347 e. The lowest BCUT2D eigenvalue weighted by molar-refractivity contribution is -0.198. The van der Waals surface area contributed by atoms with Gasteiger partial charge >= 0.3 is 17.9 Å². The molecule has 6 atom stereocenters. The molecule has 2 aromatic carbocycles. The van der Waals surface area contributed by atoms with Crippen molar-refractivity contribution < 1.29 is 85.9 Å². The summed E-state index contributed by atoms with van der Waals surface area (Å²) in [4.78, 5) is 125. The number of carbonyl (C=O) groups is 9. The third-order valence-electron chi connectivity index (χ3n) is 15.6. The van der Waals surface area contributed by atoms with Gasteiger partial charge in [0.2, 0.25) is 23.6 Å². The lowest BCUT2D eigenvalue weighted by Gasteiger charge is -2.35. The molecule has 0 aliphatic carbocycles. The van der Waals surface area contributed by atoms with Crippen LogP contribution in [0.15, 0.2) is 54.6 Å². The van der Waals surface area contributed by atoms with E-state index in [-0.39, 0.29) is 111 Å². The van der Waals surface area contributed by atoms with Crippen molar-refractivity contribution >= 4 is 76.7 Å². The molecule has 6 rings (SSSR count). The first-order valence-electron chi connectivity index (χ1n) is 30.9. The largest absolute Gasteiger partial charge is 0.495 e. The molecule has 0 radical (unpaired) electrons. The number of amides is 6. The predicted molar refractivity (Wildman–Crippen MR) is 332 cm³/mol. The number of epoxide rings is 1. The van der Waals surface area contributed by atoms with Crippen molar-refractivity contribution in [1.82, 2.24) is 30.8 Å². The number of esters is 2. The van der Waals surface area contributed by atoms with E-state index in [1.807, 2.05) is 51.7 Å². The number of imide groups is 1. The highest BCUT2D eigenvalue weighted by atomic mass is 35.5. The second-order valence-electron chi connectivity index (χ2n) is 24.4. The van der Waals surface area contributed by atoms with Gasteiger partial charge in [-0.05, 0) is 67.5 Å². The second-order valence-corrected chi connectivity index (χ2v) is 26.5. The molecule has 26 heteroatoms. The number of cyclic esters (lactones) is 2. The van der Waals surface area contributed by atoms with Crippen LogP contribution in [0, 0.1) is 17.3 Å². The fourth-order valence-corrected chi connectivity index (χ4v) is 11.1. The zero-order chi connectivity index (χ0) is 65.4. The van der Waals surface area contributed by atoms with Crippen molar-refractivity contribution in [3.05, 3.63) is 76.3 Å². The van der Waals surface area contributed by atoms with Gasteiger partial charge in [0, 0.05) is 88.6 Å². The minimum atomic E-state index is -1.25. The first-order valence-corrected chi connectivity index (χ1v) is 32.3. The number of nitrogens with zero attached hydrogens (tertiary/aromatic N) is 3. The highest BCUT2D eigenvalue weighted by Gasteiger charge is 2.48. The number of carbonyl (C=O) groups excluding carboxylic acids is 9. The summed E-state index contributed by atoms with van der Waals surface area (Å²) >= 11 is 7.91. The number of ether oxygens (including phenoxy) is 8. The highest BCUT2D eigenvalue weighted by molar-refractivity contribution is 8.01. The molecule has 1 unspecified atom stereocenters. The molecule has 0 saturated carbocycles. The van der Waals surface area contributed by atoms with Crippen molar-refractivity contribution in [2.75, 3.05) is 105 Å². The van der Waals surface area contributed by atoms with E-state index in [9.17, 15) is 43.2 Å². The molecule has 6 amide bonds. The number of hydrogen-bond acceptors (Lipinski definition) is 20. The van der Waals surface area contributed by atoms with Crippen LogP contribution in [0.5, 0.6) is 5.75 Å². The number of hydroxylamine groups is 2. The molecule has 4 aliphatic heterocycles. The van der Waals surface area contributed by atoms with Gasteiger partial charge in [-0.3, -0.25) is 38.5 Å². The molecule has 2 aromatic rings. The molecule has 3 N–H and O–H groups in total. The Balaban J connectivity index is 0.859. The summed E-state index contributed by atoms with van der Waals surface area (Å²) < 4.78 is 45.1. The maximum absolute atomic E-state index is 14.0. The molecule has 24 nitrogen and oxygen atoms in total. The third kappa shape index (κ3) is 24.5. The molecule has 0 bridgehead atoms. The third-order valence-corrected chi connectivity index (χ3v) is 17.3. The van der Waals surface area contributed by atoms with E-state index in [1.165, 1.54) is 24.9 Å². The van der Waals surface area contributed by atoms with Crippen LogP contribution >= 0.6 is 23.4 Å². The standard InChI is InChI=1S/C64H91ClN6O18S/c1-42(2)36-51-61(79)86-49(10-9-11-52(72)68-48(38-45-14-17-50(81-8)47(65)37-45)60(78)67-41-63(4,5)62(80)87-51)43(3)58-59(88-58)46-15-12-44(13-16-46)39-69-24-26-70(27-25-69)54(74)20-22-64(6,7)90-40-53(73)66-23-29-83-31-33-85-35-34-84-32-30-82-28-21-57(77)89-71-55(75)18-19-56(71)76/h9,11-17,37,42-43,48-49,51,58-59H,10,18-36,38-41H2,1-8H3,(H,66,73)(H,67,78)(H,68,72)/b11-9+/t43-,48+,49-,51?,58+,59+/m0/s1. The molecular weight excluding hydrogens is 1210 g/mol. The van der Waals surface area contributed by atoms with Crippen LogP contribution in [-0.4, -0.2) is 202 Å². The zero-order valence-electron chi connectivity index (χ0n) is 53.2. The fraction of sp³-hybridized carbons (Fsp3) is 0.641. The molecule has 3 saturated heterocycles. The molecule has 4 aliphatic rings. The second kappa shape index (κ2) is 36.2. The van der Waals surface area contributed by atoms with Gasteiger partial charge in [0.25, 0.3) is 11.8 Å². The van der Waals surface area contributed by atoms with Gasteiger partial charge in [0.1, 0.15) is 24.0 Å². The number of thioether (sulfide) groups is 1. The summed E-state index contributed by atoms with van der Waals surface area (Å²) in [6.45, 7) is 19.0. The van der Waals surface area contributed by atoms with E-state index < -0.39 is 65.2 Å². The van der Waals surface area contributed by atoms with Crippen LogP contribution in [0.25, 0.3) is 0 Å². The molecule has 0 aromatic heterocycles. The average molecular weight is 1300 g/mol. The minimum absolute atomic E-state index is 0.0342. The van der Waals surface area contributed by atoms with Crippen LogP contribution < -0.4 is 20.7 Å². The molecular formula is C64H91ClN6O18S. The van der Waals surface area contributed by atoms with E-state index >= 15 is 0 Å². The quantitative estimate of drug-likeness (QED) is 0.0365. The van der Waals surface area contributed by atoms with Gasteiger partial charge in [0.15, 0.2) is 6.10 Å². The first-order chi connectivity index (χ1) is 42.9. The van der Waals surface area contributed by atoms with E-state index in [2.05, 4.69) is 33.0 Å². The van der Waals surface area contributed by atoms with E-state index in [1.54, 1.807) is 38.1 Å². The van der Waals surface area contributed by atoms with Gasteiger partial charge in [0.05, 0.1) is 88.7 Å². The summed E-state index contributed by atoms with van der Waals surface area (Å²) in [7, 11) is 1.50. The summed E-state index contributed by atoms with van der Waals surface area (Å²) in [5.74, 6) is -3.93. The first kappa shape index (κ1) is 72.9. The number of halogens is 1. The zero-order valence-corrected chi connectivity index (χ0v) is 54.8. The van der Waals surface area contributed by atoms with Gasteiger partial charge < -0.3 is 63.6 Å². The topological polar surface area (TPSA) is 286 Å². The Bertz CT molecular complexity index is 2760. The Hall–Kier alpha value is -6.19. The Morgan fingerprint density at radius 3 is 2.09 bits per heavy atom. The van der Waals surface area contributed by atoms with Gasteiger partial charge in [-0.2, -0.15) is 0 Å². The van der Waals surface area contributed by atoms with E-state index in [0.717, 1.165) is 24.2 Å². The van der Waals surface area contributed by atoms with Gasteiger partial charge in [-0.1, -0.05) is 82.6 Å². The number of benzene rings is 2. The Morgan fingerprint density at radius 1 is 0.822 bits per heavy atom. The number of rotatable bonds is 32. The molecule has 0 spiro atoms. The number of methoxy groups -OCH3 is 1. The Kier molecular flexibility index (Phi) is 29.3. The van der Waals surface area contributed by atoms with Crippen molar-refractivity contribution in [3.8, 4) is 5.75 Å². The Labute approximate surface area is 537 Å². The number of piperazine rings is 1. The fourth-order valence-electron chi connectivity index (χ4n) is 9.98. The maximum atomic E-state index is 14.0. The minimum Gasteiger partial charge on any atom is -0.495 e. The van der Waals surface area contributed by atoms with Crippen molar-refractivity contribution in [2.24, 2.45) is 17.3 Å². The van der Waals surface area contributed by atoms with Crippen LogP contribution in [0.3, 0.4) is 0 Å². The van der Waals surface area contributed by atoms with Crippen LogP contribution in [0.1, 0.15) is 116 Å². The maximum Gasteiger partial charge on any atom is 0.347 e. The van der Waals surface area contributed by atoms with Gasteiger partial charge in [-0.25, -0.2) is 9.59 Å². The molecule has 498 valence electrons.